The Morgan fingerprint density at radius 3 is 2.65 bits per heavy atom. The third-order valence-corrected chi connectivity index (χ3v) is 3.09. The second-order valence-electron chi connectivity index (χ2n) is 3.20. The summed E-state index contributed by atoms with van der Waals surface area (Å²) < 4.78 is 0. The average molecular weight is 270 g/mol. The minimum atomic E-state index is -1.07. The predicted molar refractivity (Wildman–Crippen MR) is 65.6 cm³/mol. The largest absolute Gasteiger partial charge is 0.476 e. The van der Waals surface area contributed by atoms with Crippen molar-refractivity contribution in [1.82, 2.24) is 10.2 Å². The molecule has 0 amide bonds. The number of aromatic carboxylic acids is 1. The Labute approximate surface area is 106 Å². The van der Waals surface area contributed by atoms with Gasteiger partial charge in [-0.05, 0) is 17.7 Å². The maximum atomic E-state index is 10.6. The lowest BCUT2D eigenvalue weighted by atomic mass is 10.2. The number of hydrogen-bond acceptors (Lipinski definition) is 5. The summed E-state index contributed by atoms with van der Waals surface area (Å²) in [4.78, 5) is 10.6. The number of aromatic nitrogens is 2. The van der Waals surface area contributed by atoms with Crippen molar-refractivity contribution >= 4 is 34.0 Å². The van der Waals surface area contributed by atoms with Gasteiger partial charge in [0.2, 0.25) is 10.1 Å². The van der Waals surface area contributed by atoms with Crippen LogP contribution in [0.4, 0.5) is 5.13 Å². The molecule has 2 rings (SSSR count). The number of rotatable bonds is 4. The van der Waals surface area contributed by atoms with E-state index in [0.29, 0.717) is 16.7 Å². The molecular formula is C10H8ClN3O2S. The van der Waals surface area contributed by atoms with E-state index < -0.39 is 5.97 Å². The molecule has 1 aromatic carbocycles. The lowest BCUT2D eigenvalue weighted by Gasteiger charge is -2.01. The van der Waals surface area contributed by atoms with Crippen molar-refractivity contribution in [1.29, 1.82) is 0 Å². The van der Waals surface area contributed by atoms with Crippen molar-refractivity contribution in [2.45, 2.75) is 6.54 Å². The first-order valence-electron chi connectivity index (χ1n) is 4.70. The van der Waals surface area contributed by atoms with E-state index in [4.69, 9.17) is 16.7 Å². The van der Waals surface area contributed by atoms with Gasteiger partial charge in [0.15, 0.2) is 0 Å². The molecule has 5 nitrogen and oxygen atoms in total. The number of nitrogens with zero attached hydrogens (tertiary/aromatic N) is 2. The molecule has 1 aromatic heterocycles. The van der Waals surface area contributed by atoms with E-state index in [1.807, 2.05) is 12.1 Å². The Hall–Kier alpha value is -1.66. The maximum absolute atomic E-state index is 10.6. The minimum absolute atomic E-state index is 0.0244. The summed E-state index contributed by atoms with van der Waals surface area (Å²) in [6, 6.07) is 7.35. The fourth-order valence-electron chi connectivity index (χ4n) is 1.16. The monoisotopic (exact) mass is 269 g/mol. The van der Waals surface area contributed by atoms with Gasteiger partial charge in [-0.25, -0.2) is 4.79 Å². The SMILES string of the molecule is O=C(O)c1nnc(NCc2ccc(Cl)cc2)s1. The molecule has 0 aliphatic heterocycles. The Balaban J connectivity index is 1.97. The third kappa shape index (κ3) is 3.15. The van der Waals surface area contributed by atoms with Crippen molar-refractivity contribution in [3.63, 3.8) is 0 Å². The van der Waals surface area contributed by atoms with Crippen LogP contribution in [0, 0.1) is 0 Å². The quantitative estimate of drug-likeness (QED) is 0.892. The van der Waals surface area contributed by atoms with E-state index in [1.165, 1.54) is 0 Å². The number of hydrogen-bond donors (Lipinski definition) is 2. The van der Waals surface area contributed by atoms with Crippen LogP contribution < -0.4 is 5.32 Å². The van der Waals surface area contributed by atoms with Gasteiger partial charge in [0, 0.05) is 11.6 Å². The van der Waals surface area contributed by atoms with Gasteiger partial charge in [-0.2, -0.15) is 0 Å². The molecule has 0 unspecified atom stereocenters. The number of nitrogens with one attached hydrogen (secondary N) is 1. The highest BCUT2D eigenvalue weighted by Gasteiger charge is 2.10. The second kappa shape index (κ2) is 5.11. The lowest BCUT2D eigenvalue weighted by Crippen LogP contribution is -1.98. The highest BCUT2D eigenvalue weighted by atomic mass is 35.5. The summed E-state index contributed by atoms with van der Waals surface area (Å²) >= 11 is 6.77. The molecule has 0 bridgehead atoms. The summed E-state index contributed by atoms with van der Waals surface area (Å²) in [6.07, 6.45) is 0. The van der Waals surface area contributed by atoms with E-state index in [0.717, 1.165) is 16.9 Å². The maximum Gasteiger partial charge on any atom is 0.367 e. The van der Waals surface area contributed by atoms with Crippen molar-refractivity contribution in [2.24, 2.45) is 0 Å². The third-order valence-electron chi connectivity index (χ3n) is 1.96. The van der Waals surface area contributed by atoms with E-state index in [-0.39, 0.29) is 5.01 Å². The molecule has 2 aromatic rings. The lowest BCUT2D eigenvalue weighted by molar-refractivity contribution is 0.0695. The normalized spacial score (nSPS) is 10.2. The zero-order valence-corrected chi connectivity index (χ0v) is 10.1. The van der Waals surface area contributed by atoms with Crippen molar-refractivity contribution in [3.8, 4) is 0 Å². The molecule has 0 saturated heterocycles. The van der Waals surface area contributed by atoms with Crippen LogP contribution >= 0.6 is 22.9 Å². The fraction of sp³-hybridized carbons (Fsp3) is 0.100. The van der Waals surface area contributed by atoms with Gasteiger partial charge in [0.25, 0.3) is 0 Å². The Morgan fingerprint density at radius 1 is 1.35 bits per heavy atom. The topological polar surface area (TPSA) is 75.1 Å². The van der Waals surface area contributed by atoms with Gasteiger partial charge in [-0.1, -0.05) is 35.1 Å². The zero-order valence-electron chi connectivity index (χ0n) is 8.55. The number of benzene rings is 1. The minimum Gasteiger partial charge on any atom is -0.476 e. The first kappa shape index (κ1) is 11.8. The molecule has 0 radical (unpaired) electrons. The predicted octanol–water partition coefficient (Wildman–Crippen LogP) is 2.50. The van der Waals surface area contributed by atoms with Crippen molar-refractivity contribution in [3.05, 3.63) is 39.9 Å². The summed E-state index contributed by atoms with van der Waals surface area (Å²) in [6.45, 7) is 0.547. The van der Waals surface area contributed by atoms with Crippen LogP contribution in [0.2, 0.25) is 5.02 Å². The van der Waals surface area contributed by atoms with Gasteiger partial charge in [-0.3, -0.25) is 0 Å². The zero-order chi connectivity index (χ0) is 12.3. The van der Waals surface area contributed by atoms with Gasteiger partial charge < -0.3 is 10.4 Å². The fourth-order valence-corrected chi connectivity index (χ4v) is 1.87. The summed E-state index contributed by atoms with van der Waals surface area (Å²) in [5, 5.41) is 20.1. The van der Waals surface area contributed by atoms with Crippen molar-refractivity contribution in [2.75, 3.05) is 5.32 Å². The summed E-state index contributed by atoms with van der Waals surface area (Å²) in [7, 11) is 0. The highest BCUT2D eigenvalue weighted by Crippen LogP contribution is 2.16. The molecule has 0 fully saturated rings. The molecule has 88 valence electrons. The molecule has 2 N–H and O–H groups in total. The Kier molecular flexibility index (Phi) is 3.55. The van der Waals surface area contributed by atoms with Crippen molar-refractivity contribution < 1.29 is 9.90 Å². The standard InChI is InChI=1S/C10H8ClN3O2S/c11-7-3-1-6(2-4-7)5-12-10-14-13-8(17-10)9(15)16/h1-4H,5H2,(H,12,14)(H,15,16). The van der Waals surface area contributed by atoms with E-state index in [9.17, 15) is 4.79 Å². The van der Waals surface area contributed by atoms with Gasteiger partial charge in [0.05, 0.1) is 0 Å². The molecule has 0 spiro atoms. The molecule has 0 saturated carbocycles. The van der Waals surface area contributed by atoms with Gasteiger partial charge in [-0.15, -0.1) is 10.2 Å². The number of carbonyl (C=O) groups is 1. The molecule has 0 aliphatic rings. The van der Waals surface area contributed by atoms with E-state index in [2.05, 4.69) is 15.5 Å². The first-order chi connectivity index (χ1) is 8.15. The van der Waals surface area contributed by atoms with Crippen LogP contribution in [0.1, 0.15) is 15.4 Å². The molecule has 0 atom stereocenters. The average Bonchev–Trinajstić information content (AvgIpc) is 2.77. The first-order valence-corrected chi connectivity index (χ1v) is 5.90. The molecule has 0 aliphatic carbocycles. The van der Waals surface area contributed by atoms with Crippen LogP contribution in [-0.2, 0) is 6.54 Å². The number of anilines is 1. The molecular weight excluding hydrogens is 262 g/mol. The smallest absolute Gasteiger partial charge is 0.367 e. The second-order valence-corrected chi connectivity index (χ2v) is 4.61. The van der Waals surface area contributed by atoms with Gasteiger partial charge >= 0.3 is 5.97 Å². The highest BCUT2D eigenvalue weighted by molar-refractivity contribution is 7.16. The Bertz CT molecular complexity index is 527. The van der Waals surface area contributed by atoms with E-state index in [1.54, 1.807) is 12.1 Å². The molecule has 7 heteroatoms. The molecule has 17 heavy (non-hydrogen) atoms. The number of carboxylic acid groups (broad SMARTS) is 1. The summed E-state index contributed by atoms with van der Waals surface area (Å²) in [5.74, 6) is -1.07. The number of carboxylic acids is 1. The van der Waals surface area contributed by atoms with E-state index >= 15 is 0 Å². The molecule has 1 heterocycles. The van der Waals surface area contributed by atoms with Crippen LogP contribution in [-0.4, -0.2) is 21.3 Å². The summed E-state index contributed by atoms with van der Waals surface area (Å²) in [5.41, 5.74) is 1.03. The van der Waals surface area contributed by atoms with Crippen LogP contribution in [0.5, 0.6) is 0 Å². The van der Waals surface area contributed by atoms with Crippen LogP contribution in [0.15, 0.2) is 24.3 Å². The Morgan fingerprint density at radius 2 is 2.06 bits per heavy atom. The van der Waals surface area contributed by atoms with Gasteiger partial charge in [0.1, 0.15) is 0 Å². The van der Waals surface area contributed by atoms with Crippen LogP contribution in [0.25, 0.3) is 0 Å². The van der Waals surface area contributed by atoms with Crippen LogP contribution in [0.3, 0.4) is 0 Å². The number of halogens is 1.